The fourth-order valence-corrected chi connectivity index (χ4v) is 3.60. The summed E-state index contributed by atoms with van der Waals surface area (Å²) in [6.07, 6.45) is 0. The summed E-state index contributed by atoms with van der Waals surface area (Å²) in [5, 5.41) is 75.0. The highest BCUT2D eigenvalue weighted by molar-refractivity contribution is 6.14. The summed E-state index contributed by atoms with van der Waals surface area (Å²) in [5.74, 6) is -2.77. The highest BCUT2D eigenvalue weighted by atomic mass is 19.1. The summed E-state index contributed by atoms with van der Waals surface area (Å²) in [4.78, 5) is 0. The van der Waals surface area contributed by atoms with Gasteiger partial charge in [0.15, 0.2) is 0 Å². The molecule has 0 spiro atoms. The lowest BCUT2D eigenvalue weighted by Crippen LogP contribution is -2.05. The minimum Gasteiger partial charge on any atom is -0.206 e. The predicted octanol–water partition coefficient (Wildman–Crippen LogP) is 3.20. The number of allylic oxidation sites excluding steroid dienone is 8. The van der Waals surface area contributed by atoms with Gasteiger partial charge in [0.25, 0.3) is 0 Å². The van der Waals surface area contributed by atoms with Crippen molar-refractivity contribution in [2.75, 3.05) is 0 Å². The van der Waals surface area contributed by atoms with E-state index in [9.17, 15) is 42.1 Å². The van der Waals surface area contributed by atoms with Crippen LogP contribution in [0, 0.1) is 102 Å². The first-order chi connectivity index (χ1) is 15.4. The summed E-state index contributed by atoms with van der Waals surface area (Å²) < 4.78 is 31.6. The van der Waals surface area contributed by atoms with E-state index in [1.807, 2.05) is 0 Å². The van der Waals surface area contributed by atoms with Crippen LogP contribution in [-0.4, -0.2) is 0 Å². The van der Waals surface area contributed by atoms with E-state index in [0.29, 0.717) is 0 Å². The second-order valence-electron chi connectivity index (χ2n) is 6.02. The van der Waals surface area contributed by atoms with Crippen LogP contribution >= 0.6 is 0 Å². The van der Waals surface area contributed by atoms with E-state index in [1.54, 1.807) is 24.3 Å². The molecular formula is C22F2N8. The van der Waals surface area contributed by atoms with Gasteiger partial charge in [0.05, 0.1) is 22.3 Å². The third-order valence-corrected chi connectivity index (χ3v) is 4.77. The Kier molecular flexibility index (Phi) is 4.79. The van der Waals surface area contributed by atoms with Crippen molar-refractivity contribution in [2.24, 2.45) is 0 Å². The van der Waals surface area contributed by atoms with E-state index in [-0.39, 0.29) is 0 Å². The van der Waals surface area contributed by atoms with E-state index in [2.05, 4.69) is 0 Å². The maximum absolute atomic E-state index is 15.8. The van der Waals surface area contributed by atoms with Crippen LogP contribution < -0.4 is 0 Å². The Bertz CT molecular complexity index is 1500. The largest absolute Gasteiger partial charge is 0.206 e. The van der Waals surface area contributed by atoms with Crippen molar-refractivity contribution in [1.82, 2.24) is 0 Å². The van der Waals surface area contributed by atoms with Crippen LogP contribution in [0.1, 0.15) is 22.3 Å². The van der Waals surface area contributed by atoms with Crippen molar-refractivity contribution in [2.45, 2.75) is 0 Å². The Balaban J connectivity index is 2.76. The molecule has 3 rings (SSSR count). The summed E-state index contributed by atoms with van der Waals surface area (Å²) in [6.45, 7) is 0. The van der Waals surface area contributed by atoms with E-state index in [1.165, 1.54) is 24.3 Å². The van der Waals surface area contributed by atoms with Gasteiger partial charge in [-0.3, -0.25) is 0 Å². The van der Waals surface area contributed by atoms with E-state index >= 15 is 8.78 Å². The molecule has 0 unspecified atom stereocenters. The van der Waals surface area contributed by atoms with E-state index in [4.69, 9.17) is 0 Å². The van der Waals surface area contributed by atoms with E-state index < -0.39 is 78.5 Å². The lowest BCUT2D eigenvalue weighted by molar-refractivity contribution is 0.590. The monoisotopic (exact) mass is 414 g/mol. The van der Waals surface area contributed by atoms with Crippen molar-refractivity contribution < 1.29 is 8.78 Å². The SMILES string of the molecule is N#CC(C#N)=C1C(C#N)=C(C#N)c2c(F)c3c(c(F)c21)C(C#N)=C(C#N)C3=C(C#N)C#N. The van der Waals surface area contributed by atoms with Gasteiger partial charge in [-0.1, -0.05) is 0 Å². The van der Waals surface area contributed by atoms with Gasteiger partial charge in [-0.25, -0.2) is 8.78 Å². The van der Waals surface area contributed by atoms with Gasteiger partial charge in [0.1, 0.15) is 71.3 Å². The van der Waals surface area contributed by atoms with Crippen molar-refractivity contribution in [3.63, 3.8) is 0 Å². The highest BCUT2D eigenvalue weighted by Crippen LogP contribution is 2.53. The predicted molar refractivity (Wildman–Crippen MR) is 98.9 cm³/mol. The lowest BCUT2D eigenvalue weighted by Gasteiger charge is -2.13. The molecule has 0 bridgehead atoms. The number of rotatable bonds is 0. The Morgan fingerprint density at radius 3 is 0.938 bits per heavy atom. The molecule has 2 aliphatic carbocycles. The zero-order valence-electron chi connectivity index (χ0n) is 15.3. The van der Waals surface area contributed by atoms with Crippen LogP contribution in [0.15, 0.2) is 22.3 Å². The molecule has 0 radical (unpaired) electrons. The van der Waals surface area contributed by atoms with Gasteiger partial charge in [-0.2, -0.15) is 42.1 Å². The number of hydrogen-bond acceptors (Lipinski definition) is 8. The molecule has 142 valence electrons. The molecule has 32 heavy (non-hydrogen) atoms. The molecular weight excluding hydrogens is 414 g/mol. The fraction of sp³-hybridized carbons (Fsp3) is 0. The second kappa shape index (κ2) is 7.41. The fourth-order valence-electron chi connectivity index (χ4n) is 3.60. The maximum Gasteiger partial charge on any atom is 0.141 e. The third kappa shape index (κ3) is 2.31. The first kappa shape index (κ1) is 20.7. The Labute approximate surface area is 178 Å². The van der Waals surface area contributed by atoms with Crippen molar-refractivity contribution in [1.29, 1.82) is 42.1 Å². The molecule has 0 aromatic heterocycles. The number of benzene rings is 1. The van der Waals surface area contributed by atoms with Gasteiger partial charge >= 0.3 is 0 Å². The number of nitriles is 8. The van der Waals surface area contributed by atoms with Gasteiger partial charge < -0.3 is 0 Å². The summed E-state index contributed by atoms with van der Waals surface area (Å²) >= 11 is 0. The average Bonchev–Trinajstić information content (AvgIpc) is 3.32. The van der Waals surface area contributed by atoms with Crippen LogP contribution in [0.5, 0.6) is 0 Å². The first-order valence-corrected chi connectivity index (χ1v) is 8.17. The Morgan fingerprint density at radius 2 is 0.719 bits per heavy atom. The van der Waals surface area contributed by atoms with Gasteiger partial charge in [-0.05, 0) is 0 Å². The molecule has 1 aromatic rings. The molecule has 0 aliphatic heterocycles. The molecule has 0 N–H and O–H groups in total. The number of halogens is 2. The average molecular weight is 414 g/mol. The summed E-state index contributed by atoms with van der Waals surface area (Å²) in [7, 11) is 0. The van der Waals surface area contributed by atoms with Gasteiger partial charge in [0, 0.05) is 33.4 Å². The van der Waals surface area contributed by atoms with Crippen LogP contribution in [0.4, 0.5) is 8.78 Å². The maximum atomic E-state index is 15.8. The Hall–Kier alpha value is -6.04. The number of fused-ring (bicyclic) bond motifs is 2. The quantitative estimate of drug-likeness (QED) is 0.578. The highest BCUT2D eigenvalue weighted by Gasteiger charge is 2.43. The molecule has 2 aliphatic rings. The molecule has 0 heterocycles. The Morgan fingerprint density at radius 1 is 0.438 bits per heavy atom. The van der Waals surface area contributed by atoms with Crippen molar-refractivity contribution in [3.05, 3.63) is 56.2 Å². The van der Waals surface area contributed by atoms with Gasteiger partial charge in [-0.15, -0.1) is 0 Å². The van der Waals surface area contributed by atoms with Crippen molar-refractivity contribution in [3.8, 4) is 48.6 Å². The molecule has 1 aromatic carbocycles. The molecule has 0 saturated heterocycles. The topological polar surface area (TPSA) is 190 Å². The standard InChI is InChI=1S/C22F2N8/c23-21-18-14(8-32)12(6-30)16(10(3-27)4-28)20(18)22(24)17-13(7-31)11(5-29)15(19(17)21)9(1-25)2-26. The molecule has 0 saturated carbocycles. The molecule has 0 amide bonds. The zero-order chi connectivity index (χ0) is 23.7. The van der Waals surface area contributed by atoms with Gasteiger partial charge in [0.2, 0.25) is 0 Å². The van der Waals surface area contributed by atoms with E-state index in [0.717, 1.165) is 0 Å². The number of hydrogen-bond donors (Lipinski definition) is 0. The molecule has 0 atom stereocenters. The minimum atomic E-state index is -1.39. The molecule has 8 nitrogen and oxygen atoms in total. The summed E-state index contributed by atoms with van der Waals surface area (Å²) in [6, 6.07) is 12.0. The third-order valence-electron chi connectivity index (χ3n) is 4.77. The lowest BCUT2D eigenvalue weighted by atomic mass is 9.90. The minimum absolute atomic E-state index is 0.628. The van der Waals surface area contributed by atoms with Crippen LogP contribution in [0.3, 0.4) is 0 Å². The second-order valence-corrected chi connectivity index (χ2v) is 6.02. The van der Waals surface area contributed by atoms with Crippen molar-refractivity contribution >= 4 is 22.3 Å². The van der Waals surface area contributed by atoms with Crippen LogP contribution in [0.2, 0.25) is 0 Å². The summed E-state index contributed by atoms with van der Waals surface area (Å²) in [5.41, 5.74) is -8.52. The molecule has 10 heteroatoms. The smallest absolute Gasteiger partial charge is 0.141 e. The molecule has 0 fully saturated rings. The number of nitrogens with zero attached hydrogens (tertiary/aromatic N) is 8. The zero-order valence-corrected chi connectivity index (χ0v) is 15.3. The van der Waals surface area contributed by atoms with Crippen LogP contribution in [0.25, 0.3) is 22.3 Å². The van der Waals surface area contributed by atoms with Crippen LogP contribution in [-0.2, 0) is 0 Å². The first-order valence-electron chi connectivity index (χ1n) is 8.17. The normalized spacial score (nSPS) is 12.7.